The smallest absolute Gasteiger partial charge is 0.268 e. The molecule has 0 aromatic heterocycles. The average Bonchev–Trinajstić information content (AvgIpc) is 2.45. The van der Waals surface area contributed by atoms with Gasteiger partial charge in [-0.1, -0.05) is 46.1 Å². The van der Waals surface area contributed by atoms with Gasteiger partial charge in [-0.15, -0.1) is 0 Å². The molecule has 2 N–H and O–H groups in total. The maximum atomic E-state index is 12.7. The van der Waals surface area contributed by atoms with E-state index in [4.69, 9.17) is 10.5 Å². The Labute approximate surface area is 127 Å². The third kappa shape index (κ3) is 3.31. The number of ether oxygens (including phenoxy) is 1. The van der Waals surface area contributed by atoms with Crippen LogP contribution in [0, 0.1) is 5.92 Å². The minimum absolute atomic E-state index is 0.0342. The van der Waals surface area contributed by atoms with Gasteiger partial charge in [0.15, 0.2) is 6.10 Å². The van der Waals surface area contributed by atoms with Crippen molar-refractivity contribution in [1.82, 2.24) is 0 Å². The number of nitrogen functional groups attached to an aromatic ring is 1. The largest absolute Gasteiger partial charge is 0.478 e. The number of rotatable bonds is 6. The number of para-hydroxylation sites is 1. The van der Waals surface area contributed by atoms with Crippen molar-refractivity contribution in [3.63, 3.8) is 0 Å². The number of unbranched alkanes of at least 4 members (excludes halogenated alkanes) is 3. The first-order valence-electron chi connectivity index (χ1n) is 7.92. The van der Waals surface area contributed by atoms with Gasteiger partial charge in [0.2, 0.25) is 0 Å². The Morgan fingerprint density at radius 3 is 2.71 bits per heavy atom. The first-order chi connectivity index (χ1) is 10.1. The molecule has 4 heteroatoms. The van der Waals surface area contributed by atoms with Crippen LogP contribution < -0.4 is 15.4 Å². The Morgan fingerprint density at radius 2 is 2.05 bits per heavy atom. The number of carbonyl (C=O) groups excluding carboxylic acids is 1. The molecule has 0 radical (unpaired) electrons. The number of anilines is 2. The second-order valence-electron chi connectivity index (χ2n) is 6.03. The Balaban J connectivity index is 2.25. The van der Waals surface area contributed by atoms with Gasteiger partial charge < -0.3 is 15.4 Å². The first kappa shape index (κ1) is 15.7. The Hall–Kier alpha value is -1.71. The van der Waals surface area contributed by atoms with Crippen LogP contribution in [0.25, 0.3) is 0 Å². The molecule has 1 aliphatic rings. The summed E-state index contributed by atoms with van der Waals surface area (Å²) in [5.74, 6) is 0.904. The van der Waals surface area contributed by atoms with E-state index in [1.54, 1.807) is 0 Å². The molecule has 1 aromatic rings. The number of fused-ring (bicyclic) bond motifs is 1. The summed E-state index contributed by atoms with van der Waals surface area (Å²) in [7, 11) is 0. The molecule has 1 atom stereocenters. The second-order valence-corrected chi connectivity index (χ2v) is 6.03. The van der Waals surface area contributed by atoms with Gasteiger partial charge in [-0.05, 0) is 24.5 Å². The van der Waals surface area contributed by atoms with Crippen molar-refractivity contribution in [1.29, 1.82) is 0 Å². The van der Waals surface area contributed by atoms with E-state index in [0.717, 1.165) is 24.3 Å². The van der Waals surface area contributed by atoms with E-state index in [2.05, 4.69) is 6.92 Å². The minimum atomic E-state index is -0.412. The molecule has 1 aromatic carbocycles. The summed E-state index contributed by atoms with van der Waals surface area (Å²) in [4.78, 5) is 14.5. The van der Waals surface area contributed by atoms with E-state index >= 15 is 0 Å². The number of carbonyl (C=O) groups is 1. The summed E-state index contributed by atoms with van der Waals surface area (Å²) in [5.41, 5.74) is 7.43. The summed E-state index contributed by atoms with van der Waals surface area (Å²) in [6.45, 7) is 6.92. The van der Waals surface area contributed by atoms with Crippen molar-refractivity contribution < 1.29 is 9.53 Å². The fraction of sp³-hybridized carbons (Fsp3) is 0.588. The molecule has 0 spiro atoms. The Morgan fingerprint density at radius 1 is 1.29 bits per heavy atom. The number of amides is 1. The summed E-state index contributed by atoms with van der Waals surface area (Å²) >= 11 is 0. The third-order valence-corrected chi connectivity index (χ3v) is 3.90. The number of nitrogens with zero attached hydrogens (tertiary/aromatic N) is 1. The second kappa shape index (κ2) is 6.83. The summed E-state index contributed by atoms with van der Waals surface area (Å²) < 4.78 is 5.87. The Bertz CT molecular complexity index is 500. The molecular formula is C17H26N2O2. The van der Waals surface area contributed by atoms with Crippen LogP contribution in [0.2, 0.25) is 0 Å². The molecule has 0 saturated heterocycles. The molecular weight excluding hydrogens is 264 g/mol. The molecule has 0 aliphatic carbocycles. The summed E-state index contributed by atoms with van der Waals surface area (Å²) in [6.07, 6.45) is 4.10. The molecule has 0 bridgehead atoms. The number of hydrogen-bond acceptors (Lipinski definition) is 3. The fourth-order valence-corrected chi connectivity index (χ4v) is 2.71. The van der Waals surface area contributed by atoms with Crippen LogP contribution >= 0.6 is 0 Å². The van der Waals surface area contributed by atoms with E-state index in [1.807, 2.05) is 36.9 Å². The van der Waals surface area contributed by atoms with Gasteiger partial charge in [0.25, 0.3) is 5.91 Å². The maximum absolute atomic E-state index is 12.7. The SMILES string of the molecule is CCCCCCN1C(=O)C(C(C)C)Oc2cccc(N)c21. The monoisotopic (exact) mass is 290 g/mol. The quantitative estimate of drug-likeness (QED) is 0.643. The average molecular weight is 290 g/mol. The lowest BCUT2D eigenvalue weighted by atomic mass is 10.0. The normalized spacial score (nSPS) is 17.8. The van der Waals surface area contributed by atoms with Crippen molar-refractivity contribution >= 4 is 17.3 Å². The van der Waals surface area contributed by atoms with Crippen LogP contribution in [-0.4, -0.2) is 18.6 Å². The van der Waals surface area contributed by atoms with Crippen LogP contribution in [0.4, 0.5) is 11.4 Å². The van der Waals surface area contributed by atoms with Gasteiger partial charge >= 0.3 is 0 Å². The molecule has 1 amide bonds. The first-order valence-corrected chi connectivity index (χ1v) is 7.92. The van der Waals surface area contributed by atoms with Crippen molar-refractivity contribution in [2.75, 3.05) is 17.2 Å². The topological polar surface area (TPSA) is 55.6 Å². The highest BCUT2D eigenvalue weighted by molar-refractivity contribution is 6.03. The van der Waals surface area contributed by atoms with Gasteiger partial charge in [-0.2, -0.15) is 0 Å². The lowest BCUT2D eigenvalue weighted by molar-refractivity contribution is -0.128. The molecule has 4 nitrogen and oxygen atoms in total. The van der Waals surface area contributed by atoms with Crippen molar-refractivity contribution in [2.24, 2.45) is 5.92 Å². The van der Waals surface area contributed by atoms with E-state index in [1.165, 1.54) is 12.8 Å². The predicted octanol–water partition coefficient (Wildman–Crippen LogP) is 3.60. The predicted molar refractivity (Wildman–Crippen MR) is 86.6 cm³/mol. The van der Waals surface area contributed by atoms with Gasteiger partial charge in [-0.3, -0.25) is 4.79 Å². The molecule has 1 heterocycles. The lowest BCUT2D eigenvalue weighted by Crippen LogP contribution is -2.49. The van der Waals surface area contributed by atoms with Gasteiger partial charge in [-0.25, -0.2) is 0 Å². The van der Waals surface area contributed by atoms with E-state index in [0.29, 0.717) is 12.2 Å². The number of nitrogens with two attached hydrogens (primary N) is 1. The van der Waals surface area contributed by atoms with E-state index < -0.39 is 6.10 Å². The van der Waals surface area contributed by atoms with Crippen molar-refractivity contribution in [3.8, 4) is 5.75 Å². The summed E-state index contributed by atoms with van der Waals surface area (Å²) in [6, 6.07) is 5.59. The molecule has 0 saturated carbocycles. The molecule has 21 heavy (non-hydrogen) atoms. The van der Waals surface area contributed by atoms with Crippen molar-refractivity contribution in [2.45, 2.75) is 52.6 Å². The molecule has 1 aliphatic heterocycles. The van der Waals surface area contributed by atoms with Gasteiger partial charge in [0.1, 0.15) is 11.4 Å². The minimum Gasteiger partial charge on any atom is -0.478 e. The lowest BCUT2D eigenvalue weighted by Gasteiger charge is -2.36. The van der Waals surface area contributed by atoms with E-state index in [9.17, 15) is 4.79 Å². The van der Waals surface area contributed by atoms with Crippen LogP contribution in [0.3, 0.4) is 0 Å². The molecule has 1 unspecified atom stereocenters. The number of hydrogen-bond donors (Lipinski definition) is 1. The van der Waals surface area contributed by atoms with Gasteiger partial charge in [0.05, 0.1) is 5.69 Å². The standard InChI is InChI=1S/C17H26N2O2/c1-4-5-6-7-11-19-15-13(18)9-8-10-14(15)21-16(12(2)3)17(19)20/h8-10,12,16H,4-7,11,18H2,1-3H3. The zero-order valence-electron chi connectivity index (χ0n) is 13.3. The Kier molecular flexibility index (Phi) is 5.10. The van der Waals surface area contributed by atoms with Crippen LogP contribution in [-0.2, 0) is 4.79 Å². The van der Waals surface area contributed by atoms with Crippen LogP contribution in [0.5, 0.6) is 5.75 Å². The highest BCUT2D eigenvalue weighted by atomic mass is 16.5. The maximum Gasteiger partial charge on any atom is 0.268 e. The number of benzene rings is 1. The van der Waals surface area contributed by atoms with E-state index in [-0.39, 0.29) is 11.8 Å². The summed E-state index contributed by atoms with van der Waals surface area (Å²) in [5, 5.41) is 0. The fourth-order valence-electron chi connectivity index (χ4n) is 2.71. The zero-order valence-corrected chi connectivity index (χ0v) is 13.3. The van der Waals surface area contributed by atoms with Crippen molar-refractivity contribution in [3.05, 3.63) is 18.2 Å². The zero-order chi connectivity index (χ0) is 15.4. The van der Waals surface area contributed by atoms with Crippen LogP contribution in [0.1, 0.15) is 46.5 Å². The highest BCUT2D eigenvalue weighted by Crippen LogP contribution is 2.40. The molecule has 2 rings (SSSR count). The molecule has 0 fully saturated rings. The van der Waals surface area contributed by atoms with Crippen LogP contribution in [0.15, 0.2) is 18.2 Å². The molecule has 116 valence electrons. The highest BCUT2D eigenvalue weighted by Gasteiger charge is 2.36. The van der Waals surface area contributed by atoms with Gasteiger partial charge in [0, 0.05) is 6.54 Å². The third-order valence-electron chi connectivity index (χ3n) is 3.90.